The van der Waals surface area contributed by atoms with Crippen LogP contribution in [0.1, 0.15) is 35.7 Å². The molecule has 0 fully saturated rings. The largest absolute Gasteiger partial charge is 0.301 e. The van der Waals surface area contributed by atoms with Crippen LogP contribution in [0.4, 0.5) is 5.69 Å². The fourth-order valence-electron chi connectivity index (χ4n) is 1.76. The number of nitro benzene ring substituents is 1. The zero-order chi connectivity index (χ0) is 14.6. The number of hydrogen-bond acceptors (Lipinski definition) is 5. The van der Waals surface area contributed by atoms with E-state index in [0.717, 1.165) is 6.42 Å². The summed E-state index contributed by atoms with van der Waals surface area (Å²) in [5.41, 5.74) is -1.11. The molecule has 0 unspecified atom stereocenters. The second-order valence-corrected chi connectivity index (χ2v) is 5.30. The monoisotopic (exact) mass is 287 g/mol. The number of benzene rings is 1. The Labute approximate surface area is 110 Å². The molecule has 1 aromatic rings. The van der Waals surface area contributed by atoms with Crippen LogP contribution in [0.25, 0.3) is 0 Å². The maximum absolute atomic E-state index is 11.3. The summed E-state index contributed by atoms with van der Waals surface area (Å²) in [6.45, 7) is 1.88. The Hall–Kier alpha value is -1.80. The van der Waals surface area contributed by atoms with Gasteiger partial charge in [-0.05, 0) is 24.5 Å². The Balaban J connectivity index is 3.64. The molecule has 0 aliphatic carbocycles. The molecule has 1 rings (SSSR count). The predicted molar refractivity (Wildman–Crippen MR) is 66.9 cm³/mol. The number of aldehydes is 1. The van der Waals surface area contributed by atoms with E-state index in [9.17, 15) is 27.9 Å². The van der Waals surface area contributed by atoms with Crippen molar-refractivity contribution < 1.29 is 22.7 Å². The summed E-state index contributed by atoms with van der Waals surface area (Å²) >= 11 is 0. The molecule has 0 spiro atoms. The lowest BCUT2D eigenvalue weighted by Crippen LogP contribution is -2.10. The SMILES string of the molecule is CCCCc1ccc(C=O)c([N+](=O)[O-])c1S(=O)(=O)O. The molecular weight excluding hydrogens is 274 g/mol. The molecule has 0 saturated carbocycles. The topological polar surface area (TPSA) is 115 Å². The molecule has 0 bridgehead atoms. The van der Waals surface area contributed by atoms with E-state index in [-0.39, 0.29) is 23.8 Å². The van der Waals surface area contributed by atoms with Crippen molar-refractivity contribution in [2.24, 2.45) is 0 Å². The number of hydrogen-bond donors (Lipinski definition) is 1. The molecule has 104 valence electrons. The summed E-state index contributed by atoms with van der Waals surface area (Å²) in [5.74, 6) is 0. The predicted octanol–water partition coefficient (Wildman–Crippen LogP) is 2.00. The molecular formula is C11H13NO6S. The lowest BCUT2D eigenvalue weighted by Gasteiger charge is -2.08. The summed E-state index contributed by atoms with van der Waals surface area (Å²) in [6, 6.07) is 2.50. The lowest BCUT2D eigenvalue weighted by molar-refractivity contribution is -0.388. The third-order valence-corrected chi connectivity index (χ3v) is 3.58. The van der Waals surface area contributed by atoms with Crippen molar-refractivity contribution in [3.63, 3.8) is 0 Å². The molecule has 0 aromatic heterocycles. The van der Waals surface area contributed by atoms with Crippen molar-refractivity contribution in [3.8, 4) is 0 Å². The van der Waals surface area contributed by atoms with Crippen LogP contribution >= 0.6 is 0 Å². The molecule has 0 heterocycles. The minimum absolute atomic E-state index is 0.140. The van der Waals surface area contributed by atoms with Crippen LogP contribution in [-0.4, -0.2) is 24.2 Å². The van der Waals surface area contributed by atoms with Crippen molar-refractivity contribution in [2.75, 3.05) is 0 Å². The quantitative estimate of drug-likeness (QED) is 0.370. The normalized spacial score (nSPS) is 11.3. The molecule has 0 amide bonds. The zero-order valence-corrected chi connectivity index (χ0v) is 11.0. The maximum atomic E-state index is 11.3. The molecule has 8 heteroatoms. The van der Waals surface area contributed by atoms with Crippen LogP contribution in [0.15, 0.2) is 17.0 Å². The molecule has 0 radical (unpaired) electrons. The first kappa shape index (κ1) is 15.3. The second kappa shape index (κ2) is 5.89. The van der Waals surface area contributed by atoms with Gasteiger partial charge in [-0.1, -0.05) is 19.4 Å². The Morgan fingerprint density at radius 2 is 2.05 bits per heavy atom. The molecule has 0 atom stereocenters. The lowest BCUT2D eigenvalue weighted by atomic mass is 10.0. The second-order valence-electron chi connectivity index (χ2n) is 3.95. The molecule has 7 nitrogen and oxygen atoms in total. The number of carbonyl (C=O) groups is 1. The van der Waals surface area contributed by atoms with Gasteiger partial charge in [0.15, 0.2) is 11.2 Å². The van der Waals surface area contributed by atoms with Crippen LogP contribution in [0.2, 0.25) is 0 Å². The highest BCUT2D eigenvalue weighted by Gasteiger charge is 2.30. The highest BCUT2D eigenvalue weighted by atomic mass is 32.2. The van der Waals surface area contributed by atoms with E-state index in [4.69, 9.17) is 0 Å². The highest BCUT2D eigenvalue weighted by molar-refractivity contribution is 7.86. The smallest absolute Gasteiger partial charge is 0.298 e. The number of nitrogens with zero attached hydrogens (tertiary/aromatic N) is 1. The third kappa shape index (κ3) is 3.36. The Morgan fingerprint density at radius 1 is 1.42 bits per heavy atom. The third-order valence-electron chi connectivity index (χ3n) is 2.61. The summed E-state index contributed by atoms with van der Waals surface area (Å²) < 4.78 is 31.9. The Kier molecular flexibility index (Phi) is 4.73. The van der Waals surface area contributed by atoms with E-state index >= 15 is 0 Å². The minimum atomic E-state index is -4.77. The van der Waals surface area contributed by atoms with Gasteiger partial charge in [0.05, 0.1) is 10.5 Å². The van der Waals surface area contributed by atoms with Gasteiger partial charge in [0.1, 0.15) is 0 Å². The van der Waals surface area contributed by atoms with Gasteiger partial charge in [0, 0.05) is 0 Å². The number of nitro groups is 1. The Bertz CT molecular complexity index is 608. The first-order chi connectivity index (χ1) is 8.82. The van der Waals surface area contributed by atoms with Gasteiger partial charge in [0.25, 0.3) is 0 Å². The number of unbranched alkanes of at least 4 members (excludes halogenated alkanes) is 1. The van der Waals surface area contributed by atoms with Gasteiger partial charge >= 0.3 is 15.8 Å². The average molecular weight is 287 g/mol. The van der Waals surface area contributed by atoms with Crippen molar-refractivity contribution in [1.29, 1.82) is 0 Å². The van der Waals surface area contributed by atoms with E-state index < -0.39 is 25.6 Å². The van der Waals surface area contributed by atoms with Crippen LogP contribution < -0.4 is 0 Å². The van der Waals surface area contributed by atoms with E-state index in [1.54, 1.807) is 0 Å². The maximum Gasteiger partial charge on any atom is 0.301 e. The minimum Gasteiger partial charge on any atom is -0.298 e. The van der Waals surface area contributed by atoms with Crippen molar-refractivity contribution in [1.82, 2.24) is 0 Å². The van der Waals surface area contributed by atoms with Crippen molar-refractivity contribution in [2.45, 2.75) is 31.1 Å². The molecule has 1 aromatic carbocycles. The fourth-order valence-corrected chi connectivity index (χ4v) is 2.70. The van der Waals surface area contributed by atoms with Crippen molar-refractivity contribution in [3.05, 3.63) is 33.4 Å². The van der Waals surface area contributed by atoms with Gasteiger partial charge in [-0.3, -0.25) is 19.5 Å². The van der Waals surface area contributed by atoms with Crippen LogP contribution in [0, 0.1) is 10.1 Å². The molecule has 1 N–H and O–H groups in total. The summed E-state index contributed by atoms with van der Waals surface area (Å²) in [6.07, 6.45) is 1.83. The first-order valence-electron chi connectivity index (χ1n) is 5.55. The number of rotatable bonds is 6. The summed E-state index contributed by atoms with van der Waals surface area (Å²) in [7, 11) is -4.77. The van der Waals surface area contributed by atoms with E-state index in [1.807, 2.05) is 6.92 Å². The molecule has 0 aliphatic heterocycles. The van der Waals surface area contributed by atoms with Gasteiger partial charge in [-0.25, -0.2) is 0 Å². The highest BCUT2D eigenvalue weighted by Crippen LogP contribution is 2.31. The first-order valence-corrected chi connectivity index (χ1v) is 6.99. The van der Waals surface area contributed by atoms with Gasteiger partial charge in [-0.2, -0.15) is 8.42 Å². The molecule has 0 aliphatic rings. The van der Waals surface area contributed by atoms with Gasteiger partial charge < -0.3 is 0 Å². The number of carbonyl (C=O) groups excluding carboxylic acids is 1. The average Bonchev–Trinajstić information content (AvgIpc) is 2.33. The standard InChI is InChI=1S/C11H13NO6S/c1-2-3-4-8-5-6-9(7-13)10(12(14)15)11(8)19(16,17)18/h5-7H,2-4H2,1H3,(H,16,17,18). The van der Waals surface area contributed by atoms with Crippen LogP contribution in [-0.2, 0) is 16.5 Å². The van der Waals surface area contributed by atoms with Gasteiger partial charge in [0.2, 0.25) is 0 Å². The fraction of sp³-hybridized carbons (Fsp3) is 0.364. The number of aryl methyl sites for hydroxylation is 1. The van der Waals surface area contributed by atoms with Crippen LogP contribution in [0.3, 0.4) is 0 Å². The zero-order valence-electron chi connectivity index (χ0n) is 10.2. The van der Waals surface area contributed by atoms with E-state index in [2.05, 4.69) is 0 Å². The summed E-state index contributed by atoms with van der Waals surface area (Å²) in [5, 5.41) is 10.9. The summed E-state index contributed by atoms with van der Waals surface area (Å²) in [4.78, 5) is 19.9. The Morgan fingerprint density at radius 3 is 2.47 bits per heavy atom. The van der Waals surface area contributed by atoms with E-state index in [1.165, 1.54) is 12.1 Å². The molecule has 19 heavy (non-hydrogen) atoms. The van der Waals surface area contributed by atoms with Crippen LogP contribution in [0.5, 0.6) is 0 Å². The van der Waals surface area contributed by atoms with E-state index in [0.29, 0.717) is 6.42 Å². The molecule has 0 saturated heterocycles. The van der Waals surface area contributed by atoms with Gasteiger partial charge in [-0.15, -0.1) is 0 Å². The van der Waals surface area contributed by atoms with Crippen molar-refractivity contribution >= 4 is 22.1 Å².